The van der Waals surface area contributed by atoms with Crippen LogP contribution in [0.5, 0.6) is 0 Å². The van der Waals surface area contributed by atoms with E-state index in [-0.39, 0.29) is 0 Å². The van der Waals surface area contributed by atoms with Crippen LogP contribution in [-0.2, 0) is 0 Å². The van der Waals surface area contributed by atoms with Crippen LogP contribution in [0.15, 0.2) is 140 Å². The highest BCUT2D eigenvalue weighted by atomic mass is 14.7. The van der Waals surface area contributed by atoms with Crippen LogP contribution in [-0.4, -0.2) is 4.98 Å². The first-order valence-corrected chi connectivity index (χ1v) is 15.3. The zero-order chi connectivity index (χ0) is 29.4. The van der Waals surface area contributed by atoms with E-state index in [0.717, 1.165) is 5.69 Å². The molecule has 0 aliphatic heterocycles. The summed E-state index contributed by atoms with van der Waals surface area (Å²) < 4.78 is 0. The van der Waals surface area contributed by atoms with E-state index in [1.54, 1.807) is 0 Å². The lowest BCUT2D eigenvalue weighted by molar-refractivity contribution is 1.33. The fourth-order valence-corrected chi connectivity index (χ4v) is 7.40. The molecule has 0 fully saturated rings. The second-order valence-electron chi connectivity index (χ2n) is 12.0. The fraction of sp³-hybridized carbons (Fsp3) is 0.0465. The van der Waals surface area contributed by atoms with Gasteiger partial charge in [0, 0.05) is 17.1 Å². The molecule has 1 heteroatoms. The topological polar surface area (TPSA) is 12.9 Å². The van der Waals surface area contributed by atoms with Crippen molar-refractivity contribution in [1.29, 1.82) is 0 Å². The average Bonchev–Trinajstić information content (AvgIpc) is 3.40. The van der Waals surface area contributed by atoms with Crippen molar-refractivity contribution in [1.82, 2.24) is 4.98 Å². The summed E-state index contributed by atoms with van der Waals surface area (Å²) in [7, 11) is 0. The Bertz CT molecular complexity index is 2340. The highest BCUT2D eigenvalue weighted by Crippen LogP contribution is 2.58. The maximum atomic E-state index is 5.00. The van der Waals surface area contributed by atoms with Crippen molar-refractivity contribution in [3.8, 4) is 55.8 Å². The Morgan fingerprint density at radius 3 is 1.57 bits per heavy atom. The number of aromatic nitrogens is 1. The number of aryl methyl sites for hydroxylation is 2. The summed E-state index contributed by atoms with van der Waals surface area (Å²) in [5.74, 6) is 0. The van der Waals surface area contributed by atoms with Gasteiger partial charge in [0.25, 0.3) is 0 Å². The molecule has 0 spiro atoms. The maximum Gasteiger partial charge on any atom is 0.0714 e. The summed E-state index contributed by atoms with van der Waals surface area (Å²) in [6.45, 7) is 4.35. The molecule has 0 amide bonds. The summed E-state index contributed by atoms with van der Waals surface area (Å²) in [5, 5.41) is 7.53. The van der Waals surface area contributed by atoms with Crippen molar-refractivity contribution in [2.24, 2.45) is 0 Å². The first-order valence-electron chi connectivity index (χ1n) is 15.3. The summed E-state index contributed by atoms with van der Waals surface area (Å²) in [6, 6.07) is 49.0. The third kappa shape index (κ3) is 3.56. The number of hydrogen-bond acceptors (Lipinski definition) is 1. The minimum Gasteiger partial charge on any atom is -0.256 e. The fourth-order valence-electron chi connectivity index (χ4n) is 7.40. The Morgan fingerprint density at radius 2 is 0.932 bits per heavy atom. The molecule has 0 unspecified atom stereocenters. The van der Waals surface area contributed by atoms with E-state index in [0.29, 0.717) is 0 Å². The molecular weight excluding hydrogens is 530 g/mol. The molecule has 44 heavy (non-hydrogen) atoms. The van der Waals surface area contributed by atoms with Crippen LogP contribution in [0, 0.1) is 13.8 Å². The summed E-state index contributed by atoms with van der Waals surface area (Å²) in [6.07, 6.45) is 2.03. The van der Waals surface area contributed by atoms with Gasteiger partial charge in [0.15, 0.2) is 0 Å². The Kier molecular flexibility index (Phi) is 5.39. The first-order chi connectivity index (χ1) is 21.7. The summed E-state index contributed by atoms with van der Waals surface area (Å²) in [5.41, 5.74) is 15.1. The highest BCUT2D eigenvalue weighted by molar-refractivity contribution is 6.28. The molecule has 7 aromatic carbocycles. The molecule has 0 N–H and O–H groups in total. The van der Waals surface area contributed by atoms with E-state index >= 15 is 0 Å². The molecule has 206 valence electrons. The molecule has 1 heterocycles. The van der Waals surface area contributed by atoms with Gasteiger partial charge in [-0.15, -0.1) is 0 Å². The van der Waals surface area contributed by atoms with Crippen molar-refractivity contribution < 1.29 is 0 Å². The predicted molar refractivity (Wildman–Crippen MR) is 187 cm³/mol. The molecule has 0 saturated heterocycles. The smallest absolute Gasteiger partial charge is 0.0714 e. The largest absolute Gasteiger partial charge is 0.256 e. The lowest BCUT2D eigenvalue weighted by Gasteiger charge is -2.20. The quantitative estimate of drug-likeness (QED) is 0.210. The van der Waals surface area contributed by atoms with E-state index in [1.807, 2.05) is 6.20 Å². The van der Waals surface area contributed by atoms with Crippen LogP contribution in [0.2, 0.25) is 0 Å². The van der Waals surface area contributed by atoms with Gasteiger partial charge in [-0.2, -0.15) is 0 Å². The molecule has 9 rings (SSSR count). The molecule has 0 atom stereocenters. The molecule has 1 aliphatic carbocycles. The molecule has 0 saturated carbocycles. The molecule has 0 radical (unpaired) electrons. The lowest BCUT2D eigenvalue weighted by Crippen LogP contribution is -1.93. The number of nitrogens with zero attached hydrogens (tertiary/aromatic N) is 1. The average molecular weight is 560 g/mol. The Hall–Kier alpha value is -5.53. The molecule has 1 aromatic heterocycles. The van der Waals surface area contributed by atoms with Crippen molar-refractivity contribution in [3.05, 3.63) is 151 Å². The van der Waals surface area contributed by atoms with E-state index in [4.69, 9.17) is 4.98 Å². The van der Waals surface area contributed by atoms with Gasteiger partial charge in [-0.25, -0.2) is 0 Å². The summed E-state index contributed by atoms with van der Waals surface area (Å²) >= 11 is 0. The van der Waals surface area contributed by atoms with Gasteiger partial charge in [0.1, 0.15) is 0 Å². The number of benzene rings is 7. The van der Waals surface area contributed by atoms with Gasteiger partial charge >= 0.3 is 0 Å². The number of hydrogen-bond donors (Lipinski definition) is 0. The Balaban J connectivity index is 1.41. The van der Waals surface area contributed by atoms with Crippen molar-refractivity contribution in [2.75, 3.05) is 0 Å². The third-order valence-electron chi connectivity index (χ3n) is 9.53. The Labute approximate surface area is 257 Å². The van der Waals surface area contributed by atoms with Crippen molar-refractivity contribution in [3.63, 3.8) is 0 Å². The number of pyridine rings is 1. The molecule has 0 bridgehead atoms. The third-order valence-corrected chi connectivity index (χ3v) is 9.53. The van der Waals surface area contributed by atoms with E-state index < -0.39 is 0 Å². The minimum absolute atomic E-state index is 1.01. The van der Waals surface area contributed by atoms with Gasteiger partial charge in [-0.05, 0) is 109 Å². The molecule has 1 nitrogen and oxygen atoms in total. The second-order valence-corrected chi connectivity index (χ2v) is 12.0. The van der Waals surface area contributed by atoms with E-state index in [2.05, 4.69) is 147 Å². The first kappa shape index (κ1) is 25.0. The molecular formula is C43H29N. The van der Waals surface area contributed by atoms with Crippen LogP contribution in [0.25, 0.3) is 88.1 Å². The maximum absolute atomic E-state index is 5.00. The summed E-state index contributed by atoms with van der Waals surface area (Å²) in [4.78, 5) is 5.00. The minimum atomic E-state index is 1.01. The van der Waals surface area contributed by atoms with Gasteiger partial charge < -0.3 is 0 Å². The van der Waals surface area contributed by atoms with Crippen molar-refractivity contribution in [2.45, 2.75) is 13.8 Å². The standard InChI is InChI=1S/C43H29N/c1-26-22-30-24-38(44-25-31(30)23-27(26)2)32-20-21-37-41-33(32)18-11-19-36(41)42-39(28-12-5-3-6-13-28)34-16-9-10-17-35(34)40(43(37)42)29-14-7-4-8-15-29/h3-25H,1-2H3. The van der Waals surface area contributed by atoms with Crippen LogP contribution < -0.4 is 0 Å². The number of fused-ring (bicyclic) bond motifs is 5. The van der Waals surface area contributed by atoms with E-state index in [9.17, 15) is 0 Å². The zero-order valence-electron chi connectivity index (χ0n) is 24.7. The van der Waals surface area contributed by atoms with Crippen LogP contribution in [0.1, 0.15) is 11.1 Å². The lowest BCUT2D eigenvalue weighted by atomic mass is 9.82. The van der Waals surface area contributed by atoms with E-state index in [1.165, 1.54) is 93.5 Å². The number of rotatable bonds is 3. The Morgan fingerprint density at radius 1 is 0.409 bits per heavy atom. The molecule has 8 aromatic rings. The van der Waals surface area contributed by atoms with Gasteiger partial charge in [0.05, 0.1) is 5.69 Å². The van der Waals surface area contributed by atoms with Gasteiger partial charge in [-0.3, -0.25) is 4.98 Å². The van der Waals surface area contributed by atoms with Gasteiger partial charge in [-0.1, -0.05) is 121 Å². The van der Waals surface area contributed by atoms with Crippen LogP contribution >= 0.6 is 0 Å². The SMILES string of the molecule is Cc1cc2cnc(-c3ccc4c5c(cccc35)-c3c-4c(-c4ccccc4)c4ccccc4c3-c3ccccc3)cc2cc1C. The predicted octanol–water partition coefficient (Wildman–Crippen LogP) is 11.8. The van der Waals surface area contributed by atoms with Crippen LogP contribution in [0.4, 0.5) is 0 Å². The van der Waals surface area contributed by atoms with Crippen LogP contribution in [0.3, 0.4) is 0 Å². The highest BCUT2D eigenvalue weighted by Gasteiger charge is 2.31. The monoisotopic (exact) mass is 559 g/mol. The van der Waals surface area contributed by atoms with Gasteiger partial charge in [0.2, 0.25) is 0 Å². The second kappa shape index (κ2) is 9.49. The zero-order valence-corrected chi connectivity index (χ0v) is 24.7. The van der Waals surface area contributed by atoms with Crippen molar-refractivity contribution >= 4 is 32.3 Å². The normalized spacial score (nSPS) is 11.9. The molecule has 1 aliphatic rings.